The second-order valence-electron chi connectivity index (χ2n) is 6.48. The maximum atomic E-state index is 5.55. The van der Waals surface area contributed by atoms with Crippen molar-refractivity contribution >= 4 is 0 Å². The summed E-state index contributed by atoms with van der Waals surface area (Å²) >= 11 is 0. The third kappa shape index (κ3) is 2.10. The van der Waals surface area contributed by atoms with Gasteiger partial charge in [0, 0.05) is 24.7 Å². The zero-order chi connectivity index (χ0) is 15.7. The lowest BCUT2D eigenvalue weighted by Gasteiger charge is -2.42. The van der Waals surface area contributed by atoms with Gasteiger partial charge in [-0.05, 0) is 42.9 Å². The maximum absolute atomic E-state index is 5.55. The van der Waals surface area contributed by atoms with Crippen molar-refractivity contribution in [1.82, 2.24) is 4.90 Å². The van der Waals surface area contributed by atoms with Crippen LogP contribution in [0, 0.1) is 5.92 Å². The van der Waals surface area contributed by atoms with Gasteiger partial charge in [-0.2, -0.15) is 0 Å². The monoisotopic (exact) mass is 301 g/mol. The van der Waals surface area contributed by atoms with Crippen LogP contribution in [0.15, 0.2) is 30.0 Å². The first-order chi connectivity index (χ1) is 10.7. The van der Waals surface area contributed by atoms with E-state index in [1.165, 1.54) is 36.9 Å². The van der Waals surface area contributed by atoms with Crippen molar-refractivity contribution in [3.05, 3.63) is 35.5 Å². The minimum Gasteiger partial charge on any atom is -0.493 e. The summed E-state index contributed by atoms with van der Waals surface area (Å²) in [6, 6.07) is 6.49. The Kier molecular flexibility index (Phi) is 4.07. The summed E-state index contributed by atoms with van der Waals surface area (Å²) < 4.78 is 11.0. The zero-order valence-electron chi connectivity index (χ0n) is 14.2. The fourth-order valence-corrected chi connectivity index (χ4v) is 4.55. The van der Waals surface area contributed by atoms with Crippen LogP contribution < -0.4 is 9.47 Å². The molecule has 1 saturated heterocycles. The van der Waals surface area contributed by atoms with Crippen molar-refractivity contribution in [1.29, 1.82) is 0 Å². The van der Waals surface area contributed by atoms with Crippen LogP contribution in [0.1, 0.15) is 38.2 Å². The van der Waals surface area contributed by atoms with Gasteiger partial charge in [0.1, 0.15) is 0 Å². The van der Waals surface area contributed by atoms with Crippen LogP contribution in [0.3, 0.4) is 0 Å². The second-order valence-corrected chi connectivity index (χ2v) is 6.48. The highest BCUT2D eigenvalue weighted by molar-refractivity contribution is 5.50. The van der Waals surface area contributed by atoms with Gasteiger partial charge in [0.25, 0.3) is 0 Å². The largest absolute Gasteiger partial charge is 0.493 e. The molecule has 1 aromatic carbocycles. The molecular formula is C19H27NO2. The lowest BCUT2D eigenvalue weighted by molar-refractivity contribution is 0.269. The molecule has 1 heterocycles. The number of benzene rings is 1. The predicted molar refractivity (Wildman–Crippen MR) is 89.6 cm³/mol. The minimum atomic E-state index is 0.154. The molecule has 22 heavy (non-hydrogen) atoms. The summed E-state index contributed by atoms with van der Waals surface area (Å²) in [4.78, 5) is 2.44. The Bertz CT molecular complexity index is 581. The van der Waals surface area contributed by atoms with Crippen molar-refractivity contribution in [2.45, 2.75) is 38.0 Å². The van der Waals surface area contributed by atoms with Crippen molar-refractivity contribution in [2.24, 2.45) is 5.92 Å². The Morgan fingerprint density at radius 3 is 2.68 bits per heavy atom. The molecule has 0 amide bonds. The number of hydrogen-bond donors (Lipinski definition) is 0. The fourth-order valence-electron chi connectivity index (χ4n) is 4.55. The number of likely N-dealkylation sites (tertiary alicyclic amines) is 1. The summed E-state index contributed by atoms with van der Waals surface area (Å²) in [5, 5.41) is 0. The van der Waals surface area contributed by atoms with Crippen LogP contribution >= 0.6 is 0 Å². The number of allylic oxidation sites excluding steroid dienone is 2. The number of methoxy groups -OCH3 is 2. The lowest BCUT2D eigenvalue weighted by atomic mass is 9.62. The number of hydrogen-bond acceptors (Lipinski definition) is 3. The smallest absolute Gasteiger partial charge is 0.161 e. The van der Waals surface area contributed by atoms with E-state index < -0.39 is 0 Å². The van der Waals surface area contributed by atoms with Crippen molar-refractivity contribution < 1.29 is 9.47 Å². The third-order valence-corrected chi connectivity index (χ3v) is 5.65. The van der Waals surface area contributed by atoms with Crippen LogP contribution in [-0.2, 0) is 5.41 Å². The maximum Gasteiger partial charge on any atom is 0.161 e. The molecule has 0 aromatic heterocycles. The van der Waals surface area contributed by atoms with Crippen LogP contribution in [0.25, 0.3) is 0 Å². The van der Waals surface area contributed by atoms with Crippen LogP contribution in [-0.4, -0.2) is 32.7 Å². The summed E-state index contributed by atoms with van der Waals surface area (Å²) in [6.07, 6.45) is 7.36. The Hall–Kier alpha value is -1.64. The molecule has 0 saturated carbocycles. The fraction of sp³-hybridized carbons (Fsp3) is 0.579. The molecule has 3 rings (SSSR count). The van der Waals surface area contributed by atoms with Gasteiger partial charge >= 0.3 is 0 Å². The molecule has 0 radical (unpaired) electrons. The van der Waals surface area contributed by atoms with E-state index in [-0.39, 0.29) is 5.41 Å². The average molecular weight is 301 g/mol. The van der Waals surface area contributed by atoms with Crippen LogP contribution in [0.2, 0.25) is 0 Å². The minimum absolute atomic E-state index is 0.154. The van der Waals surface area contributed by atoms with E-state index in [4.69, 9.17) is 9.47 Å². The Morgan fingerprint density at radius 1 is 1.23 bits per heavy atom. The third-order valence-electron chi connectivity index (χ3n) is 5.65. The highest BCUT2D eigenvalue weighted by Gasteiger charge is 2.49. The molecule has 2 atom stereocenters. The van der Waals surface area contributed by atoms with E-state index in [1.807, 2.05) is 0 Å². The predicted octanol–water partition coefficient (Wildman–Crippen LogP) is 3.98. The molecule has 0 bridgehead atoms. The van der Waals surface area contributed by atoms with Gasteiger partial charge in [-0.3, -0.25) is 0 Å². The number of fused-ring (bicyclic) bond motifs is 1. The van der Waals surface area contributed by atoms with Gasteiger partial charge in [-0.1, -0.05) is 25.5 Å². The number of rotatable bonds is 4. The van der Waals surface area contributed by atoms with Gasteiger partial charge in [0.05, 0.1) is 14.2 Å². The van der Waals surface area contributed by atoms with Gasteiger partial charge in [0.2, 0.25) is 0 Å². The van der Waals surface area contributed by atoms with Crippen molar-refractivity contribution in [3.63, 3.8) is 0 Å². The van der Waals surface area contributed by atoms with E-state index in [9.17, 15) is 0 Å². The van der Waals surface area contributed by atoms with Crippen LogP contribution in [0.4, 0.5) is 0 Å². The molecule has 3 heteroatoms. The first-order valence-electron chi connectivity index (χ1n) is 8.31. The molecule has 1 aliphatic carbocycles. The Morgan fingerprint density at radius 2 is 2.00 bits per heavy atom. The van der Waals surface area contributed by atoms with E-state index in [1.54, 1.807) is 14.2 Å². The molecule has 0 spiro atoms. The molecule has 120 valence electrons. The average Bonchev–Trinajstić information content (AvgIpc) is 2.92. The first-order valence-corrected chi connectivity index (χ1v) is 8.31. The molecule has 2 aliphatic rings. The van der Waals surface area contributed by atoms with Crippen molar-refractivity contribution in [2.75, 3.05) is 27.8 Å². The second kappa shape index (κ2) is 5.86. The summed E-state index contributed by atoms with van der Waals surface area (Å²) in [7, 11) is 5.64. The first kappa shape index (κ1) is 15.3. The molecule has 1 aromatic rings. The summed E-state index contributed by atoms with van der Waals surface area (Å²) in [5.41, 5.74) is 3.05. The highest BCUT2D eigenvalue weighted by Crippen LogP contribution is 2.54. The topological polar surface area (TPSA) is 21.7 Å². The van der Waals surface area contributed by atoms with Gasteiger partial charge < -0.3 is 14.4 Å². The zero-order valence-corrected chi connectivity index (χ0v) is 14.2. The van der Waals surface area contributed by atoms with Crippen LogP contribution in [0.5, 0.6) is 11.5 Å². The van der Waals surface area contributed by atoms with E-state index >= 15 is 0 Å². The van der Waals surface area contributed by atoms with Crippen molar-refractivity contribution in [3.8, 4) is 11.5 Å². The molecule has 0 unspecified atom stereocenters. The van der Waals surface area contributed by atoms with E-state index in [0.29, 0.717) is 5.92 Å². The Balaban J connectivity index is 2.14. The van der Waals surface area contributed by atoms with Gasteiger partial charge in [-0.25, -0.2) is 0 Å². The summed E-state index contributed by atoms with van der Waals surface area (Å²) in [5.74, 6) is 2.35. The molecule has 0 N–H and O–H groups in total. The summed E-state index contributed by atoms with van der Waals surface area (Å²) in [6.45, 7) is 3.46. The standard InChI is InChI=1S/C19H27NO2/c1-5-14-7-6-8-18-19(14,11-12-20(18)2)15-9-10-16(21-3)17(13-15)22-4/h8-10,13-14H,5-7,11-12H2,1-4H3/t14-,19-/m1/s1. The molecule has 3 nitrogen and oxygen atoms in total. The normalized spacial score (nSPS) is 27.4. The SMILES string of the molecule is CC[C@@H]1CCC=C2N(C)CC[C@@]21c1ccc(OC)c(OC)c1. The molecule has 1 aliphatic heterocycles. The quantitative estimate of drug-likeness (QED) is 0.839. The van der Waals surface area contributed by atoms with Gasteiger partial charge in [-0.15, -0.1) is 0 Å². The lowest BCUT2D eigenvalue weighted by Crippen LogP contribution is -2.38. The van der Waals surface area contributed by atoms with Gasteiger partial charge in [0.15, 0.2) is 11.5 Å². The number of ether oxygens (including phenoxy) is 2. The molecular weight excluding hydrogens is 274 g/mol. The van der Waals surface area contributed by atoms with E-state index in [2.05, 4.69) is 43.1 Å². The Labute approximate surface area is 133 Å². The molecule has 1 fully saturated rings. The van der Waals surface area contributed by atoms with E-state index in [0.717, 1.165) is 18.0 Å². The highest BCUT2D eigenvalue weighted by atomic mass is 16.5. The number of nitrogens with zero attached hydrogens (tertiary/aromatic N) is 1. The number of likely N-dealkylation sites (N-methyl/N-ethyl adjacent to an activating group) is 1.